The van der Waals surface area contributed by atoms with Gasteiger partial charge in [0.05, 0.1) is 30.6 Å². The predicted octanol–water partition coefficient (Wildman–Crippen LogP) is 7.45. The summed E-state index contributed by atoms with van der Waals surface area (Å²) in [5.74, 6) is 0.286. The highest BCUT2D eigenvalue weighted by Gasteiger charge is 2.32. The number of thioether (sulfide) groups is 1. The molecule has 2 heterocycles. The summed E-state index contributed by atoms with van der Waals surface area (Å²) in [6.45, 7) is 2.76. The Balaban J connectivity index is 1.51. The van der Waals surface area contributed by atoms with E-state index in [9.17, 15) is 9.18 Å². The van der Waals surface area contributed by atoms with Gasteiger partial charge in [-0.1, -0.05) is 78.9 Å². The maximum Gasteiger partial charge on any atom is 0.266 e. The number of fused-ring (bicyclic) bond motifs is 1. The second kappa shape index (κ2) is 10.7. The zero-order valence-electron chi connectivity index (χ0n) is 20.3. The lowest BCUT2D eigenvalue weighted by Gasteiger charge is -2.14. The Bertz CT molecular complexity index is 1530. The molecule has 1 amide bonds. The van der Waals surface area contributed by atoms with Gasteiger partial charge in [0.1, 0.15) is 15.9 Å². The van der Waals surface area contributed by atoms with Crippen molar-refractivity contribution in [2.45, 2.75) is 26.4 Å². The van der Waals surface area contributed by atoms with Crippen molar-refractivity contribution in [3.63, 3.8) is 0 Å². The first-order chi connectivity index (χ1) is 17.9. The van der Waals surface area contributed by atoms with Crippen LogP contribution < -0.4 is 4.74 Å². The highest BCUT2D eigenvalue weighted by molar-refractivity contribution is 8.26. The number of thiocarbonyl (C=S) groups is 1. The number of rotatable bonds is 7. The van der Waals surface area contributed by atoms with Gasteiger partial charge in [-0.2, -0.15) is 0 Å². The van der Waals surface area contributed by atoms with Gasteiger partial charge in [0, 0.05) is 27.7 Å². The van der Waals surface area contributed by atoms with Crippen molar-refractivity contribution in [1.82, 2.24) is 9.47 Å². The summed E-state index contributed by atoms with van der Waals surface area (Å²) in [6.07, 6.45) is 4.66. The summed E-state index contributed by atoms with van der Waals surface area (Å²) in [4.78, 5) is 15.5. The highest BCUT2D eigenvalue weighted by atomic mass is 35.5. The largest absolute Gasteiger partial charge is 0.497 e. The molecule has 0 spiro atoms. The summed E-state index contributed by atoms with van der Waals surface area (Å²) < 4.78 is 22.4. The summed E-state index contributed by atoms with van der Waals surface area (Å²) in [5.41, 5.74) is 4.41. The van der Waals surface area contributed by atoms with Crippen LogP contribution in [0.4, 0.5) is 4.39 Å². The molecule has 0 saturated carbocycles. The fourth-order valence-electron chi connectivity index (χ4n) is 4.54. The lowest BCUT2D eigenvalue weighted by atomic mass is 10.1. The first-order valence-corrected chi connectivity index (χ1v) is 13.4. The van der Waals surface area contributed by atoms with Crippen LogP contribution in [-0.4, -0.2) is 26.8 Å². The normalized spacial score (nSPS) is 14.8. The van der Waals surface area contributed by atoms with Crippen LogP contribution in [0.2, 0.25) is 5.02 Å². The van der Waals surface area contributed by atoms with E-state index in [-0.39, 0.29) is 18.3 Å². The first-order valence-electron chi connectivity index (χ1n) is 11.8. The molecule has 1 fully saturated rings. The third kappa shape index (κ3) is 5.04. The van der Waals surface area contributed by atoms with Crippen LogP contribution in [-0.2, 0) is 24.3 Å². The van der Waals surface area contributed by atoms with Crippen LogP contribution in [0.25, 0.3) is 17.0 Å². The molecule has 0 radical (unpaired) electrons. The van der Waals surface area contributed by atoms with Gasteiger partial charge in [0.15, 0.2) is 0 Å². The van der Waals surface area contributed by atoms with Gasteiger partial charge in [0.25, 0.3) is 5.91 Å². The van der Waals surface area contributed by atoms with Crippen molar-refractivity contribution < 1.29 is 13.9 Å². The van der Waals surface area contributed by atoms with Crippen molar-refractivity contribution in [2.24, 2.45) is 0 Å². The minimum absolute atomic E-state index is 0.129. The molecular formula is C29H24ClFN2O2S2. The van der Waals surface area contributed by atoms with E-state index < -0.39 is 0 Å². The molecule has 5 rings (SSSR count). The maximum absolute atomic E-state index is 14.6. The summed E-state index contributed by atoms with van der Waals surface area (Å²) in [7, 11) is 1.62. The number of ether oxygens (including phenoxy) is 1. The third-order valence-corrected chi connectivity index (χ3v) is 8.18. The topological polar surface area (TPSA) is 34.5 Å². The molecule has 4 nitrogen and oxygen atoms in total. The Morgan fingerprint density at radius 2 is 1.84 bits per heavy atom. The summed E-state index contributed by atoms with van der Waals surface area (Å²) in [5, 5.41) is 1.38. The first kappa shape index (κ1) is 25.5. The van der Waals surface area contributed by atoms with Crippen LogP contribution >= 0.6 is 35.6 Å². The molecule has 188 valence electrons. The number of para-hydroxylation sites is 1. The molecule has 1 saturated heterocycles. The Kier molecular flexibility index (Phi) is 7.38. The van der Waals surface area contributed by atoms with Crippen molar-refractivity contribution >= 4 is 62.8 Å². The zero-order chi connectivity index (χ0) is 26.1. The van der Waals surface area contributed by atoms with E-state index in [1.54, 1.807) is 24.1 Å². The number of benzene rings is 3. The SMILES string of the molecule is CCc1cccc2c(/C=C3\SC(=S)N(Cc4ccc(OC)cc4)C3=O)cn(Cc3c(F)cccc3Cl)c12. The highest BCUT2D eigenvalue weighted by Crippen LogP contribution is 2.36. The Morgan fingerprint density at radius 3 is 2.54 bits per heavy atom. The molecule has 0 bridgehead atoms. The smallest absolute Gasteiger partial charge is 0.266 e. The number of carbonyl (C=O) groups excluding carboxylic acids is 1. The second-order valence-electron chi connectivity index (χ2n) is 8.70. The lowest BCUT2D eigenvalue weighted by Crippen LogP contribution is -2.27. The molecule has 8 heteroatoms. The van der Waals surface area contributed by atoms with Gasteiger partial charge in [0.2, 0.25) is 0 Å². The average molecular weight is 551 g/mol. The molecule has 1 aliphatic heterocycles. The third-order valence-electron chi connectivity index (χ3n) is 6.44. The standard InChI is InChI=1S/C29H24ClFN2O2S2/c1-3-19-6-4-7-22-20(16-32(27(19)22)17-23-24(30)8-5-9-25(23)31)14-26-28(34)33(29(36)37-26)15-18-10-12-21(35-2)13-11-18/h4-14,16H,3,15,17H2,1-2H3/b26-14-. The van der Waals surface area contributed by atoms with Crippen molar-refractivity contribution in [3.8, 4) is 5.75 Å². The summed E-state index contributed by atoms with van der Waals surface area (Å²) in [6, 6.07) is 18.4. The number of amides is 1. The van der Waals surface area contributed by atoms with Gasteiger partial charge in [-0.25, -0.2) is 4.39 Å². The fourth-order valence-corrected chi connectivity index (χ4v) is 6.00. The Hall–Kier alpha value is -3.13. The number of halogens is 2. The molecule has 0 unspecified atom stereocenters. The van der Waals surface area contributed by atoms with Crippen LogP contribution in [0.3, 0.4) is 0 Å². The van der Waals surface area contributed by atoms with Crippen molar-refractivity contribution in [3.05, 3.63) is 105 Å². The van der Waals surface area contributed by atoms with E-state index in [2.05, 4.69) is 13.0 Å². The lowest BCUT2D eigenvalue weighted by molar-refractivity contribution is -0.122. The van der Waals surface area contributed by atoms with E-state index in [0.29, 0.717) is 26.4 Å². The van der Waals surface area contributed by atoms with Crippen LogP contribution in [0.15, 0.2) is 71.8 Å². The quantitative estimate of drug-likeness (QED) is 0.177. The van der Waals surface area contributed by atoms with Gasteiger partial charge in [-0.15, -0.1) is 0 Å². The molecule has 4 aromatic rings. The molecule has 0 aliphatic carbocycles. The van der Waals surface area contributed by atoms with Crippen LogP contribution in [0.1, 0.15) is 29.2 Å². The van der Waals surface area contributed by atoms with E-state index in [1.807, 2.05) is 53.2 Å². The minimum Gasteiger partial charge on any atom is -0.497 e. The molecule has 3 aromatic carbocycles. The number of methoxy groups -OCH3 is 1. The molecule has 1 aliphatic rings. The average Bonchev–Trinajstić information content (AvgIpc) is 3.38. The van der Waals surface area contributed by atoms with E-state index >= 15 is 0 Å². The molecular weight excluding hydrogens is 527 g/mol. The van der Waals surface area contributed by atoms with Gasteiger partial charge in [-0.05, 0) is 47.9 Å². The van der Waals surface area contributed by atoms with Gasteiger partial charge in [-0.3, -0.25) is 9.69 Å². The molecule has 37 heavy (non-hydrogen) atoms. The molecule has 0 atom stereocenters. The number of hydrogen-bond acceptors (Lipinski definition) is 4. The van der Waals surface area contributed by atoms with E-state index in [4.69, 9.17) is 28.6 Å². The summed E-state index contributed by atoms with van der Waals surface area (Å²) >= 11 is 13.2. The molecule has 1 aromatic heterocycles. The number of aromatic nitrogens is 1. The van der Waals surface area contributed by atoms with Gasteiger partial charge >= 0.3 is 0 Å². The predicted molar refractivity (Wildman–Crippen MR) is 154 cm³/mol. The number of aryl methyl sites for hydroxylation is 1. The fraction of sp³-hybridized carbons (Fsp3) is 0.172. The van der Waals surface area contributed by atoms with Crippen LogP contribution in [0, 0.1) is 5.82 Å². The Labute approximate surface area is 229 Å². The van der Waals surface area contributed by atoms with Gasteiger partial charge < -0.3 is 9.30 Å². The number of carbonyl (C=O) groups is 1. The van der Waals surface area contributed by atoms with Crippen molar-refractivity contribution in [1.29, 1.82) is 0 Å². The Morgan fingerprint density at radius 1 is 1.08 bits per heavy atom. The van der Waals surface area contributed by atoms with E-state index in [0.717, 1.165) is 39.8 Å². The minimum atomic E-state index is -0.343. The van der Waals surface area contributed by atoms with E-state index in [1.165, 1.54) is 17.8 Å². The zero-order valence-corrected chi connectivity index (χ0v) is 22.7. The van der Waals surface area contributed by atoms with Crippen molar-refractivity contribution in [2.75, 3.05) is 7.11 Å². The van der Waals surface area contributed by atoms with Crippen LogP contribution in [0.5, 0.6) is 5.75 Å². The molecule has 0 N–H and O–H groups in total. The number of hydrogen-bond donors (Lipinski definition) is 0. The second-order valence-corrected chi connectivity index (χ2v) is 10.8. The monoisotopic (exact) mass is 550 g/mol. The maximum atomic E-state index is 14.6. The number of nitrogens with zero attached hydrogens (tertiary/aromatic N) is 2.